The highest BCUT2D eigenvalue weighted by Gasteiger charge is 2.17. The second-order valence-corrected chi connectivity index (χ2v) is 3.38. The number of nitrogens with zero attached hydrogens (tertiary/aromatic N) is 1. The van der Waals surface area contributed by atoms with Gasteiger partial charge in [-0.25, -0.2) is 0 Å². The zero-order valence-electron chi connectivity index (χ0n) is 8.60. The molecule has 0 aliphatic rings. The number of hydrogen-bond acceptors (Lipinski definition) is 4. The van der Waals surface area contributed by atoms with E-state index in [0.717, 1.165) is 0 Å². The molecule has 1 aromatic carbocycles. The van der Waals surface area contributed by atoms with Gasteiger partial charge in [-0.15, -0.1) is 11.6 Å². The van der Waals surface area contributed by atoms with E-state index >= 15 is 0 Å². The normalized spacial score (nSPS) is 9.88. The summed E-state index contributed by atoms with van der Waals surface area (Å²) in [6, 6.07) is 4.09. The summed E-state index contributed by atoms with van der Waals surface area (Å²) in [5.41, 5.74) is 0.0519. The molecule has 0 saturated carbocycles. The van der Waals surface area contributed by atoms with Crippen LogP contribution in [-0.2, 0) is 0 Å². The lowest BCUT2D eigenvalue weighted by atomic mass is 10.1. The van der Waals surface area contributed by atoms with Crippen LogP contribution >= 0.6 is 11.6 Å². The highest BCUT2D eigenvalue weighted by molar-refractivity contribution is 6.19. The van der Waals surface area contributed by atoms with E-state index in [1.54, 1.807) is 0 Å². The lowest BCUT2D eigenvalue weighted by Crippen LogP contribution is -2.02. The average Bonchev–Trinajstić information content (AvgIpc) is 2.28. The fourth-order valence-electron chi connectivity index (χ4n) is 1.24. The molecule has 0 N–H and O–H groups in total. The van der Waals surface area contributed by atoms with E-state index in [-0.39, 0.29) is 35.1 Å². The number of methoxy groups -OCH3 is 1. The summed E-state index contributed by atoms with van der Waals surface area (Å²) >= 11 is 5.43. The van der Waals surface area contributed by atoms with Gasteiger partial charge in [0.25, 0.3) is 0 Å². The highest BCUT2D eigenvalue weighted by Crippen LogP contribution is 2.27. The Bertz CT molecular complexity index is 419. The summed E-state index contributed by atoms with van der Waals surface area (Å²) in [7, 11) is 1.34. The van der Waals surface area contributed by atoms with E-state index in [1.807, 2.05) is 0 Å². The van der Waals surface area contributed by atoms with E-state index in [0.29, 0.717) is 0 Å². The van der Waals surface area contributed by atoms with Crippen molar-refractivity contribution in [2.45, 2.75) is 6.42 Å². The van der Waals surface area contributed by atoms with Crippen LogP contribution in [0.3, 0.4) is 0 Å². The third-order valence-corrected chi connectivity index (χ3v) is 2.21. The third kappa shape index (κ3) is 2.70. The Morgan fingerprint density at radius 2 is 2.25 bits per heavy atom. The van der Waals surface area contributed by atoms with Crippen molar-refractivity contribution >= 4 is 23.1 Å². The molecule has 6 heteroatoms. The molecule has 5 nitrogen and oxygen atoms in total. The van der Waals surface area contributed by atoms with Crippen molar-refractivity contribution in [1.82, 2.24) is 0 Å². The van der Waals surface area contributed by atoms with E-state index in [2.05, 4.69) is 0 Å². The van der Waals surface area contributed by atoms with Crippen molar-refractivity contribution in [3.63, 3.8) is 0 Å². The van der Waals surface area contributed by atoms with Gasteiger partial charge < -0.3 is 4.74 Å². The molecule has 0 heterocycles. The minimum absolute atomic E-state index is 0.132. The van der Waals surface area contributed by atoms with Crippen LogP contribution in [0.4, 0.5) is 5.69 Å². The molecule has 1 aromatic rings. The first-order valence-electron chi connectivity index (χ1n) is 4.51. The first kappa shape index (κ1) is 12.4. The van der Waals surface area contributed by atoms with Crippen molar-refractivity contribution in [2.24, 2.45) is 0 Å². The van der Waals surface area contributed by atoms with Gasteiger partial charge in [-0.3, -0.25) is 14.9 Å². The van der Waals surface area contributed by atoms with Gasteiger partial charge in [0, 0.05) is 23.9 Å². The number of alkyl halides is 1. The van der Waals surface area contributed by atoms with Gasteiger partial charge in [0.2, 0.25) is 0 Å². The maximum absolute atomic E-state index is 11.5. The van der Waals surface area contributed by atoms with Gasteiger partial charge in [-0.1, -0.05) is 0 Å². The standard InChI is InChI=1S/C10H10ClNO4/c1-16-10-3-2-7(9(13)4-5-11)6-8(10)12(14)15/h2-3,6H,4-5H2,1H3. The number of ketones is 1. The van der Waals surface area contributed by atoms with Crippen LogP contribution in [0, 0.1) is 10.1 Å². The highest BCUT2D eigenvalue weighted by atomic mass is 35.5. The van der Waals surface area contributed by atoms with Gasteiger partial charge in [0.1, 0.15) is 0 Å². The molecule has 1 rings (SSSR count). The topological polar surface area (TPSA) is 69.4 Å². The molecule has 0 atom stereocenters. The number of rotatable bonds is 5. The van der Waals surface area contributed by atoms with Gasteiger partial charge in [0.15, 0.2) is 11.5 Å². The molecule has 0 fully saturated rings. The zero-order chi connectivity index (χ0) is 12.1. The predicted octanol–water partition coefficient (Wildman–Crippen LogP) is 2.42. The second-order valence-electron chi connectivity index (χ2n) is 3.01. The predicted molar refractivity (Wildman–Crippen MR) is 59.3 cm³/mol. The van der Waals surface area contributed by atoms with Crippen LogP contribution in [0.5, 0.6) is 5.75 Å². The summed E-state index contributed by atoms with van der Waals surface area (Å²) in [6.07, 6.45) is 0.158. The first-order valence-corrected chi connectivity index (χ1v) is 5.05. The van der Waals surface area contributed by atoms with Crippen LogP contribution in [0.1, 0.15) is 16.8 Å². The third-order valence-electron chi connectivity index (χ3n) is 2.02. The maximum atomic E-state index is 11.5. The molecule has 0 bridgehead atoms. The molecule has 0 saturated heterocycles. The second kappa shape index (κ2) is 5.46. The van der Waals surface area contributed by atoms with Crippen LogP contribution in [0.15, 0.2) is 18.2 Å². The monoisotopic (exact) mass is 243 g/mol. The summed E-state index contributed by atoms with van der Waals surface area (Å²) in [6.45, 7) is 0. The lowest BCUT2D eigenvalue weighted by molar-refractivity contribution is -0.385. The Hall–Kier alpha value is -1.62. The summed E-state index contributed by atoms with van der Waals surface area (Å²) < 4.78 is 4.82. The SMILES string of the molecule is COc1ccc(C(=O)CCCl)cc1[N+](=O)[O-]. The number of carbonyl (C=O) groups excluding carboxylic acids is 1. The van der Waals surface area contributed by atoms with Crippen molar-refractivity contribution in [3.8, 4) is 5.75 Å². The summed E-state index contributed by atoms with van der Waals surface area (Å²) in [5.74, 6) is 0.103. The Balaban J connectivity index is 3.11. The van der Waals surface area contributed by atoms with Crippen LogP contribution in [0.2, 0.25) is 0 Å². The van der Waals surface area contributed by atoms with E-state index in [9.17, 15) is 14.9 Å². The van der Waals surface area contributed by atoms with E-state index < -0.39 is 4.92 Å². The van der Waals surface area contributed by atoms with E-state index in [4.69, 9.17) is 16.3 Å². The van der Waals surface area contributed by atoms with Gasteiger partial charge in [-0.05, 0) is 12.1 Å². The number of nitro benzene ring substituents is 1. The number of ether oxygens (including phenoxy) is 1. The number of halogens is 1. The van der Waals surface area contributed by atoms with E-state index in [1.165, 1.54) is 25.3 Å². The smallest absolute Gasteiger partial charge is 0.311 e. The van der Waals surface area contributed by atoms with Crippen molar-refractivity contribution in [3.05, 3.63) is 33.9 Å². The summed E-state index contributed by atoms with van der Waals surface area (Å²) in [5, 5.41) is 10.7. The minimum Gasteiger partial charge on any atom is -0.490 e. The summed E-state index contributed by atoms with van der Waals surface area (Å²) in [4.78, 5) is 21.6. The molecule has 16 heavy (non-hydrogen) atoms. The molecule has 0 amide bonds. The minimum atomic E-state index is -0.587. The van der Waals surface area contributed by atoms with Gasteiger partial charge >= 0.3 is 5.69 Å². The molecule has 0 radical (unpaired) electrons. The number of benzene rings is 1. The van der Waals surface area contributed by atoms with Crippen molar-refractivity contribution in [1.29, 1.82) is 0 Å². The zero-order valence-corrected chi connectivity index (χ0v) is 9.36. The fraction of sp³-hybridized carbons (Fsp3) is 0.300. The van der Waals surface area contributed by atoms with Crippen molar-refractivity contribution < 1.29 is 14.5 Å². The van der Waals surface area contributed by atoms with Crippen LogP contribution in [0.25, 0.3) is 0 Å². The van der Waals surface area contributed by atoms with Crippen LogP contribution < -0.4 is 4.74 Å². The Kier molecular flexibility index (Phi) is 4.25. The largest absolute Gasteiger partial charge is 0.490 e. The average molecular weight is 244 g/mol. The lowest BCUT2D eigenvalue weighted by Gasteiger charge is -2.03. The molecule has 0 unspecified atom stereocenters. The fourth-order valence-corrected chi connectivity index (χ4v) is 1.41. The number of nitro groups is 1. The molecular weight excluding hydrogens is 234 g/mol. The van der Waals surface area contributed by atoms with Gasteiger partial charge in [-0.2, -0.15) is 0 Å². The molecule has 0 aliphatic carbocycles. The molecule has 86 valence electrons. The Labute approximate surface area is 97.1 Å². The molecule has 0 spiro atoms. The Morgan fingerprint density at radius 1 is 1.56 bits per heavy atom. The molecular formula is C10H10ClNO4. The van der Waals surface area contributed by atoms with Gasteiger partial charge in [0.05, 0.1) is 12.0 Å². The van der Waals surface area contributed by atoms with Crippen molar-refractivity contribution in [2.75, 3.05) is 13.0 Å². The number of carbonyl (C=O) groups is 1. The number of hydrogen-bond donors (Lipinski definition) is 0. The molecule has 0 aliphatic heterocycles. The van der Waals surface area contributed by atoms with Crippen LogP contribution in [-0.4, -0.2) is 23.7 Å². The number of Topliss-reactive ketones (excluding diaryl/α,β-unsaturated/α-hetero) is 1. The maximum Gasteiger partial charge on any atom is 0.311 e. The first-order chi connectivity index (χ1) is 7.60. The quantitative estimate of drug-likeness (QED) is 0.345. The molecule has 0 aromatic heterocycles. The Morgan fingerprint density at radius 3 is 2.75 bits per heavy atom.